The molecule has 0 unspecified atom stereocenters. The summed E-state index contributed by atoms with van der Waals surface area (Å²) in [6, 6.07) is 14.3. The summed E-state index contributed by atoms with van der Waals surface area (Å²) in [7, 11) is 0. The first-order valence-electron chi connectivity index (χ1n) is 12.3. The summed E-state index contributed by atoms with van der Waals surface area (Å²) in [5.74, 6) is 1.42. The number of ether oxygens (including phenoxy) is 3. The van der Waals surface area contributed by atoms with Gasteiger partial charge < -0.3 is 34.6 Å². The van der Waals surface area contributed by atoms with Gasteiger partial charge in [-0.25, -0.2) is 0 Å². The minimum atomic E-state index is -1.38. The van der Waals surface area contributed by atoms with Crippen LogP contribution in [0.5, 0.6) is 5.75 Å². The fourth-order valence-electron chi connectivity index (χ4n) is 5.02. The monoisotopic (exact) mass is 470 g/mol. The molecule has 1 aliphatic carbocycles. The molecule has 0 amide bonds. The molecule has 3 aliphatic rings. The van der Waals surface area contributed by atoms with E-state index in [0.717, 1.165) is 54.9 Å². The zero-order chi connectivity index (χ0) is 23.7. The summed E-state index contributed by atoms with van der Waals surface area (Å²) in [4.78, 5) is 0. The van der Waals surface area contributed by atoms with Crippen molar-refractivity contribution in [2.45, 2.75) is 74.6 Å². The lowest BCUT2D eigenvalue weighted by molar-refractivity contribution is -0.231. The Morgan fingerprint density at radius 3 is 2.26 bits per heavy atom. The molecule has 34 heavy (non-hydrogen) atoms. The van der Waals surface area contributed by atoms with Gasteiger partial charge in [-0.3, -0.25) is 0 Å². The van der Waals surface area contributed by atoms with Crippen molar-refractivity contribution in [2.75, 3.05) is 19.8 Å². The Kier molecular flexibility index (Phi) is 7.20. The first-order valence-corrected chi connectivity index (χ1v) is 12.3. The van der Waals surface area contributed by atoms with Gasteiger partial charge >= 0.3 is 0 Å². The largest absolute Gasteiger partial charge is 0.490 e. The lowest BCUT2D eigenvalue weighted by atomic mass is 9.88. The maximum Gasteiger partial charge on any atom is 0.119 e. The maximum atomic E-state index is 10.6. The van der Waals surface area contributed by atoms with Crippen LogP contribution in [0.25, 0.3) is 0 Å². The van der Waals surface area contributed by atoms with Crippen LogP contribution in [0.1, 0.15) is 60.0 Å². The number of hydrogen-bond donors (Lipinski definition) is 4. The molecule has 7 nitrogen and oxygen atoms in total. The van der Waals surface area contributed by atoms with Gasteiger partial charge in [-0.2, -0.15) is 0 Å². The van der Waals surface area contributed by atoms with Gasteiger partial charge in [0.15, 0.2) is 0 Å². The highest BCUT2D eigenvalue weighted by Gasteiger charge is 2.44. The predicted molar refractivity (Wildman–Crippen MR) is 125 cm³/mol. The van der Waals surface area contributed by atoms with Gasteiger partial charge in [0.2, 0.25) is 0 Å². The van der Waals surface area contributed by atoms with Crippen molar-refractivity contribution in [3.8, 4) is 5.75 Å². The van der Waals surface area contributed by atoms with Crippen molar-refractivity contribution in [3.05, 3.63) is 64.7 Å². The van der Waals surface area contributed by atoms with Gasteiger partial charge in [-0.1, -0.05) is 30.3 Å². The van der Waals surface area contributed by atoms with E-state index in [1.54, 1.807) is 0 Å². The average Bonchev–Trinajstić information content (AvgIpc) is 3.70. The lowest BCUT2D eigenvalue weighted by Crippen LogP contribution is -2.55. The third kappa shape index (κ3) is 5.15. The molecule has 0 spiro atoms. The molecular weight excluding hydrogens is 436 g/mol. The number of aliphatic hydroxyl groups excluding tert-OH is 4. The van der Waals surface area contributed by atoms with Crippen molar-refractivity contribution in [1.82, 2.24) is 0 Å². The van der Waals surface area contributed by atoms with E-state index in [2.05, 4.69) is 18.2 Å². The molecule has 0 bridgehead atoms. The van der Waals surface area contributed by atoms with Gasteiger partial charge in [0, 0.05) is 12.8 Å². The zero-order valence-corrected chi connectivity index (χ0v) is 19.3. The zero-order valence-electron chi connectivity index (χ0n) is 19.3. The summed E-state index contributed by atoms with van der Waals surface area (Å²) in [5.41, 5.74) is 4.36. The minimum Gasteiger partial charge on any atom is -0.490 e. The lowest BCUT2D eigenvalue weighted by Gasteiger charge is -2.40. The maximum absolute atomic E-state index is 10.6. The molecule has 2 aromatic carbocycles. The van der Waals surface area contributed by atoms with Crippen LogP contribution in [0.2, 0.25) is 0 Å². The van der Waals surface area contributed by atoms with Gasteiger partial charge in [0.05, 0.1) is 19.8 Å². The molecule has 5 rings (SSSR count). The Labute approximate surface area is 199 Å². The van der Waals surface area contributed by atoms with Gasteiger partial charge in [0.25, 0.3) is 0 Å². The van der Waals surface area contributed by atoms with E-state index in [0.29, 0.717) is 5.92 Å². The summed E-state index contributed by atoms with van der Waals surface area (Å²) in [5, 5.41) is 40.4. The molecule has 2 saturated heterocycles. The quantitative estimate of drug-likeness (QED) is 0.491. The number of hydrogen-bond acceptors (Lipinski definition) is 7. The van der Waals surface area contributed by atoms with E-state index in [1.807, 2.05) is 24.3 Å². The van der Waals surface area contributed by atoms with Crippen molar-refractivity contribution < 1.29 is 34.6 Å². The Balaban J connectivity index is 1.34. The molecule has 4 N–H and O–H groups in total. The van der Waals surface area contributed by atoms with Crippen LogP contribution in [0.4, 0.5) is 0 Å². The molecule has 1 saturated carbocycles. The molecule has 7 heteroatoms. The summed E-state index contributed by atoms with van der Waals surface area (Å²) in [6.07, 6.45) is -0.655. The summed E-state index contributed by atoms with van der Waals surface area (Å²) >= 11 is 0. The first kappa shape index (κ1) is 23.7. The van der Waals surface area contributed by atoms with Crippen LogP contribution >= 0.6 is 0 Å². The molecular formula is C27H34O7. The van der Waals surface area contributed by atoms with Gasteiger partial charge in [-0.15, -0.1) is 0 Å². The summed E-state index contributed by atoms with van der Waals surface area (Å²) < 4.78 is 17.3. The van der Waals surface area contributed by atoms with E-state index in [1.165, 1.54) is 18.4 Å². The molecule has 0 aromatic heterocycles. The standard InChI is InChI=1S/C27H34O7/c28-15-23-24(29)25(30)26(31)27(34-23)18-5-8-22(17-3-4-17)19(14-18)13-16-1-6-20(7-2-16)33-21-9-11-32-12-10-21/h1-2,5-8,14,17,21,23-31H,3-4,9-13,15H2/t23-,24-,25+,26-,27+/m1/s1. The van der Waals surface area contributed by atoms with E-state index in [4.69, 9.17) is 14.2 Å². The van der Waals surface area contributed by atoms with Crippen LogP contribution in [-0.4, -0.2) is 70.8 Å². The highest BCUT2D eigenvalue weighted by molar-refractivity contribution is 5.42. The van der Waals surface area contributed by atoms with E-state index in [9.17, 15) is 20.4 Å². The molecule has 2 aromatic rings. The van der Waals surface area contributed by atoms with Crippen molar-refractivity contribution in [3.63, 3.8) is 0 Å². The Morgan fingerprint density at radius 2 is 1.59 bits per heavy atom. The second kappa shape index (κ2) is 10.3. The highest BCUT2D eigenvalue weighted by Crippen LogP contribution is 2.43. The number of rotatable bonds is 7. The van der Waals surface area contributed by atoms with Crippen LogP contribution in [0, 0.1) is 0 Å². The van der Waals surface area contributed by atoms with Crippen molar-refractivity contribution in [1.29, 1.82) is 0 Å². The van der Waals surface area contributed by atoms with Crippen molar-refractivity contribution >= 4 is 0 Å². The summed E-state index contributed by atoms with van der Waals surface area (Å²) in [6.45, 7) is 1.06. The molecule has 2 aliphatic heterocycles. The predicted octanol–water partition coefficient (Wildman–Crippen LogP) is 2.23. The van der Waals surface area contributed by atoms with Crippen LogP contribution in [0.3, 0.4) is 0 Å². The second-order valence-corrected chi connectivity index (χ2v) is 9.73. The molecule has 5 atom stereocenters. The minimum absolute atomic E-state index is 0.205. The van der Waals surface area contributed by atoms with E-state index in [-0.39, 0.29) is 6.10 Å². The second-order valence-electron chi connectivity index (χ2n) is 9.73. The van der Waals surface area contributed by atoms with Crippen molar-refractivity contribution in [2.24, 2.45) is 0 Å². The van der Waals surface area contributed by atoms with Gasteiger partial charge in [-0.05, 0) is 59.6 Å². The Morgan fingerprint density at radius 1 is 0.853 bits per heavy atom. The molecule has 2 heterocycles. The third-order valence-electron chi connectivity index (χ3n) is 7.19. The van der Waals surface area contributed by atoms with Gasteiger partial charge in [0.1, 0.15) is 42.4 Å². The number of aliphatic hydroxyl groups is 4. The van der Waals surface area contributed by atoms with E-state index >= 15 is 0 Å². The Bertz CT molecular complexity index is 950. The molecule has 0 radical (unpaired) electrons. The molecule has 184 valence electrons. The smallest absolute Gasteiger partial charge is 0.119 e. The van der Waals surface area contributed by atoms with Crippen LogP contribution < -0.4 is 4.74 Å². The topological polar surface area (TPSA) is 109 Å². The highest BCUT2D eigenvalue weighted by atomic mass is 16.5. The van der Waals surface area contributed by atoms with Crippen LogP contribution in [0.15, 0.2) is 42.5 Å². The van der Waals surface area contributed by atoms with E-state index < -0.39 is 37.1 Å². The first-order chi connectivity index (χ1) is 16.5. The number of benzene rings is 2. The fraction of sp³-hybridized carbons (Fsp3) is 0.556. The Hall–Kier alpha value is -2.00. The third-order valence-corrected chi connectivity index (χ3v) is 7.19. The van der Waals surface area contributed by atoms with Crippen LogP contribution in [-0.2, 0) is 15.9 Å². The fourth-order valence-corrected chi connectivity index (χ4v) is 5.02. The molecule has 3 fully saturated rings. The SMILES string of the molecule is OC[C@H]1O[C@@H](c2ccc(C3CC3)c(Cc3ccc(OC4CCOCC4)cc3)c2)[C@H](O)[C@@H](O)[C@@H]1O. The normalized spacial score (nSPS) is 30.3. The average molecular weight is 471 g/mol.